The lowest BCUT2D eigenvalue weighted by Gasteiger charge is -2.40. The van der Waals surface area contributed by atoms with Crippen LogP contribution in [0.2, 0.25) is 0 Å². The molecule has 1 fully saturated rings. The van der Waals surface area contributed by atoms with Crippen molar-refractivity contribution in [2.24, 2.45) is 10.8 Å². The number of carbonyl (C=O) groups is 3. The Morgan fingerprint density at radius 3 is 1.73 bits per heavy atom. The lowest BCUT2D eigenvalue weighted by Crippen LogP contribution is -2.63. The van der Waals surface area contributed by atoms with Crippen molar-refractivity contribution < 1.29 is 19.1 Å². The summed E-state index contributed by atoms with van der Waals surface area (Å²) in [5.74, 6) is 0.409. The molecule has 0 radical (unpaired) electrons. The minimum absolute atomic E-state index is 0.130. The van der Waals surface area contributed by atoms with Gasteiger partial charge in [0.25, 0.3) is 0 Å². The Kier molecular flexibility index (Phi) is 12.5. The molecule has 1 amide bonds. The SMILES string of the molecule is CC(C)(C)N[C@@]1(C(=O)C(C)(C)C)CCN(C(=O)OCCCCCCCC[C@@](C)(NC(C)(C)C)C(=O)C(C)(C)C)C1. The highest BCUT2D eigenvalue weighted by Gasteiger charge is 2.51. The van der Waals surface area contributed by atoms with E-state index in [1.165, 1.54) is 0 Å². The normalized spacial score (nSPS) is 20.4. The molecule has 0 bridgehead atoms. The summed E-state index contributed by atoms with van der Waals surface area (Å²) in [4.78, 5) is 41.1. The number of ketones is 2. The van der Waals surface area contributed by atoms with Gasteiger partial charge in [0.2, 0.25) is 0 Å². The topological polar surface area (TPSA) is 87.7 Å². The van der Waals surface area contributed by atoms with E-state index in [1.807, 2.05) is 41.5 Å². The molecule has 0 aliphatic carbocycles. The quantitative estimate of drug-likeness (QED) is 0.232. The third-order valence-corrected chi connectivity index (χ3v) is 7.39. The molecule has 1 aliphatic rings. The second-order valence-electron chi connectivity index (χ2n) is 16.5. The predicted octanol–water partition coefficient (Wildman–Crippen LogP) is 7.06. The van der Waals surface area contributed by atoms with E-state index in [0.717, 1.165) is 44.9 Å². The molecular weight excluding hydrogens is 502 g/mol. The molecule has 234 valence electrons. The van der Waals surface area contributed by atoms with E-state index in [-0.39, 0.29) is 34.2 Å². The molecule has 0 saturated carbocycles. The summed E-state index contributed by atoms with van der Waals surface area (Å²) in [6, 6.07) is 0. The minimum atomic E-state index is -0.745. The van der Waals surface area contributed by atoms with E-state index >= 15 is 0 Å². The standard InChI is InChI=1S/C33H63N3O4/c1-28(2,3)25(37)32(13,34-30(7,8)9)20-18-16-14-15-17-19-23-40-27(39)36-22-21-33(24-36,35-31(10,11)12)26(38)29(4,5)6/h34-35H,14-24H2,1-13H3/t32-,33+/m1/s1. The fraction of sp³-hybridized carbons (Fsp3) is 0.909. The van der Waals surface area contributed by atoms with Crippen molar-refractivity contribution in [2.45, 2.75) is 164 Å². The molecule has 1 saturated heterocycles. The maximum atomic E-state index is 13.4. The molecule has 1 rings (SSSR count). The van der Waals surface area contributed by atoms with Crippen molar-refractivity contribution in [1.82, 2.24) is 15.5 Å². The minimum Gasteiger partial charge on any atom is -0.449 e. The van der Waals surface area contributed by atoms with E-state index in [1.54, 1.807) is 4.90 Å². The van der Waals surface area contributed by atoms with Gasteiger partial charge in [-0.15, -0.1) is 0 Å². The number of rotatable bonds is 13. The maximum absolute atomic E-state index is 13.4. The van der Waals surface area contributed by atoms with Crippen LogP contribution < -0.4 is 10.6 Å². The van der Waals surface area contributed by atoms with Crippen LogP contribution in [0.15, 0.2) is 0 Å². The fourth-order valence-corrected chi connectivity index (χ4v) is 6.17. The van der Waals surface area contributed by atoms with Crippen LogP contribution in [0.5, 0.6) is 0 Å². The number of hydrogen-bond donors (Lipinski definition) is 2. The number of hydrogen-bond acceptors (Lipinski definition) is 6. The van der Waals surface area contributed by atoms with E-state index in [0.29, 0.717) is 26.1 Å². The van der Waals surface area contributed by atoms with Crippen LogP contribution in [0.4, 0.5) is 4.79 Å². The van der Waals surface area contributed by atoms with Crippen LogP contribution >= 0.6 is 0 Å². The Morgan fingerprint density at radius 1 is 0.725 bits per heavy atom. The summed E-state index contributed by atoms with van der Waals surface area (Å²) < 4.78 is 5.59. The van der Waals surface area contributed by atoms with Crippen molar-refractivity contribution in [1.29, 1.82) is 0 Å². The van der Waals surface area contributed by atoms with Crippen LogP contribution in [0.25, 0.3) is 0 Å². The first-order valence-corrected chi connectivity index (χ1v) is 15.5. The molecule has 7 heteroatoms. The number of ether oxygens (including phenoxy) is 1. The van der Waals surface area contributed by atoms with Crippen LogP contribution in [0, 0.1) is 10.8 Å². The lowest BCUT2D eigenvalue weighted by molar-refractivity contribution is -0.134. The summed E-state index contributed by atoms with van der Waals surface area (Å²) in [5, 5.41) is 7.13. The van der Waals surface area contributed by atoms with E-state index in [4.69, 9.17) is 4.74 Å². The molecule has 1 heterocycles. The monoisotopic (exact) mass is 565 g/mol. The van der Waals surface area contributed by atoms with Crippen molar-refractivity contribution in [3.63, 3.8) is 0 Å². The number of unbranched alkanes of at least 4 members (excludes halogenated alkanes) is 5. The first-order valence-electron chi connectivity index (χ1n) is 15.5. The predicted molar refractivity (Wildman–Crippen MR) is 166 cm³/mol. The third kappa shape index (κ3) is 11.8. The van der Waals surface area contributed by atoms with Gasteiger partial charge in [-0.1, -0.05) is 73.6 Å². The van der Waals surface area contributed by atoms with Gasteiger partial charge in [0, 0.05) is 35.0 Å². The molecule has 40 heavy (non-hydrogen) atoms. The van der Waals surface area contributed by atoms with Crippen LogP contribution in [-0.4, -0.2) is 64.4 Å². The van der Waals surface area contributed by atoms with Gasteiger partial charge in [0.1, 0.15) is 0 Å². The molecular formula is C33H63N3O4. The second-order valence-corrected chi connectivity index (χ2v) is 16.5. The smallest absolute Gasteiger partial charge is 0.409 e. The highest BCUT2D eigenvalue weighted by Crippen LogP contribution is 2.33. The summed E-state index contributed by atoms with van der Waals surface area (Å²) >= 11 is 0. The van der Waals surface area contributed by atoms with Crippen molar-refractivity contribution in [3.05, 3.63) is 0 Å². The number of likely N-dealkylation sites (tertiary alicyclic amines) is 1. The zero-order valence-electron chi connectivity index (χ0n) is 28.4. The van der Waals surface area contributed by atoms with Gasteiger partial charge in [-0.3, -0.25) is 14.9 Å². The zero-order chi connectivity index (χ0) is 31.2. The van der Waals surface area contributed by atoms with Gasteiger partial charge in [-0.2, -0.15) is 0 Å². The molecule has 0 aromatic carbocycles. The maximum Gasteiger partial charge on any atom is 0.409 e. The average molecular weight is 566 g/mol. The van der Waals surface area contributed by atoms with Crippen molar-refractivity contribution >= 4 is 17.7 Å². The Bertz CT molecular complexity index is 857. The van der Waals surface area contributed by atoms with Crippen molar-refractivity contribution in [2.75, 3.05) is 19.7 Å². The summed E-state index contributed by atoms with van der Waals surface area (Å²) in [7, 11) is 0. The molecule has 7 nitrogen and oxygen atoms in total. The Labute approximate surface area is 246 Å². The first-order chi connectivity index (χ1) is 17.9. The Morgan fingerprint density at radius 2 is 1.25 bits per heavy atom. The molecule has 0 aromatic rings. The van der Waals surface area contributed by atoms with Gasteiger partial charge >= 0.3 is 6.09 Å². The van der Waals surface area contributed by atoms with Gasteiger partial charge < -0.3 is 15.0 Å². The molecule has 0 spiro atoms. The highest BCUT2D eigenvalue weighted by atomic mass is 16.6. The molecule has 1 aliphatic heterocycles. The van der Waals surface area contributed by atoms with Gasteiger partial charge in [-0.05, 0) is 67.7 Å². The third-order valence-electron chi connectivity index (χ3n) is 7.39. The van der Waals surface area contributed by atoms with Crippen LogP contribution in [-0.2, 0) is 14.3 Å². The molecule has 0 unspecified atom stereocenters. The first kappa shape index (κ1) is 36.6. The van der Waals surface area contributed by atoms with Gasteiger partial charge in [-0.25, -0.2) is 4.79 Å². The van der Waals surface area contributed by atoms with E-state index in [2.05, 4.69) is 59.1 Å². The number of nitrogens with zero attached hydrogens (tertiary/aromatic N) is 1. The number of carbonyl (C=O) groups excluding carboxylic acids is 3. The lowest BCUT2D eigenvalue weighted by atomic mass is 9.75. The molecule has 0 aromatic heterocycles. The Balaban J connectivity index is 2.45. The van der Waals surface area contributed by atoms with E-state index < -0.39 is 16.5 Å². The average Bonchev–Trinajstić information content (AvgIpc) is 3.17. The second kappa shape index (κ2) is 13.7. The largest absolute Gasteiger partial charge is 0.449 e. The zero-order valence-corrected chi connectivity index (χ0v) is 28.4. The van der Waals surface area contributed by atoms with E-state index in [9.17, 15) is 14.4 Å². The van der Waals surface area contributed by atoms with Crippen molar-refractivity contribution in [3.8, 4) is 0 Å². The molecule has 2 N–H and O–H groups in total. The molecule has 2 atom stereocenters. The number of nitrogens with one attached hydrogen (secondary N) is 2. The van der Waals surface area contributed by atoms with Gasteiger partial charge in [0.05, 0.1) is 17.7 Å². The summed E-state index contributed by atoms with van der Waals surface area (Å²) in [5.41, 5.74) is -2.53. The van der Waals surface area contributed by atoms with Crippen LogP contribution in [0.1, 0.15) is 141 Å². The summed E-state index contributed by atoms with van der Waals surface area (Å²) in [6.07, 6.45) is 7.20. The Hall–Kier alpha value is -1.47. The summed E-state index contributed by atoms with van der Waals surface area (Å²) in [6.45, 7) is 27.6. The highest BCUT2D eigenvalue weighted by molar-refractivity contribution is 5.94. The van der Waals surface area contributed by atoms with Gasteiger partial charge in [0.15, 0.2) is 11.6 Å². The van der Waals surface area contributed by atoms with Crippen LogP contribution in [0.3, 0.4) is 0 Å². The number of Topliss-reactive ketones (excluding diaryl/α,β-unsaturated/α-hetero) is 2. The fourth-order valence-electron chi connectivity index (χ4n) is 6.17. The number of amides is 1.